The van der Waals surface area contributed by atoms with Crippen LogP contribution in [0.25, 0.3) is 5.57 Å². The average Bonchev–Trinajstić information content (AvgIpc) is 3.30. The van der Waals surface area contributed by atoms with Crippen LogP contribution in [-0.2, 0) is 4.79 Å². The molecule has 2 N–H and O–H groups in total. The fourth-order valence-electron chi connectivity index (χ4n) is 3.75. The Kier molecular flexibility index (Phi) is 8.27. The number of anilines is 1. The summed E-state index contributed by atoms with van der Waals surface area (Å²) in [7, 11) is 1.95. The smallest absolute Gasteiger partial charge is 0.191 e. The number of carbonyl (C=O) groups is 1. The third-order valence-corrected chi connectivity index (χ3v) is 6.53. The van der Waals surface area contributed by atoms with Gasteiger partial charge in [0.2, 0.25) is 0 Å². The lowest BCUT2D eigenvalue weighted by Gasteiger charge is -2.36. The standard InChI is InChI=1S/C25H32FN5OS/c1-5-19(10-9-18(3)26)23-17-33-25(28-23)29(4)24(22(27)6-2)31-13-7-8-20(16-31)30-14-11-21(32)12-15-30/h5,7-10,16-17H,1,6,11-15,27H2,2-4H3/b18-9+,19-10+,24-22-. The van der Waals surface area contributed by atoms with E-state index in [2.05, 4.69) is 34.7 Å². The van der Waals surface area contributed by atoms with Gasteiger partial charge in [0.25, 0.3) is 0 Å². The minimum atomic E-state index is -0.276. The van der Waals surface area contributed by atoms with Crippen molar-refractivity contribution in [2.24, 2.45) is 5.73 Å². The monoisotopic (exact) mass is 469 g/mol. The molecule has 0 bridgehead atoms. The van der Waals surface area contributed by atoms with Crippen molar-refractivity contribution in [1.29, 1.82) is 0 Å². The van der Waals surface area contributed by atoms with Gasteiger partial charge in [-0.25, -0.2) is 9.37 Å². The van der Waals surface area contributed by atoms with E-state index in [1.807, 2.05) is 24.3 Å². The summed E-state index contributed by atoms with van der Waals surface area (Å²) in [5, 5.41) is 2.71. The summed E-state index contributed by atoms with van der Waals surface area (Å²) in [5.74, 6) is 0.919. The summed E-state index contributed by atoms with van der Waals surface area (Å²) in [6, 6.07) is 0. The van der Waals surface area contributed by atoms with Crippen LogP contribution >= 0.6 is 11.3 Å². The van der Waals surface area contributed by atoms with Crippen LogP contribution in [0, 0.1) is 0 Å². The molecule has 0 saturated carbocycles. The van der Waals surface area contributed by atoms with Crippen LogP contribution in [-0.4, -0.2) is 47.2 Å². The highest BCUT2D eigenvalue weighted by molar-refractivity contribution is 7.13. The lowest BCUT2D eigenvalue weighted by Crippen LogP contribution is -2.38. The topological polar surface area (TPSA) is 65.7 Å². The van der Waals surface area contributed by atoms with E-state index in [0.717, 1.165) is 46.7 Å². The summed E-state index contributed by atoms with van der Waals surface area (Å²) < 4.78 is 13.2. The van der Waals surface area contributed by atoms with Crippen LogP contribution in [0.2, 0.25) is 0 Å². The number of aromatic nitrogens is 1. The zero-order valence-corrected chi connectivity index (χ0v) is 20.4. The molecule has 0 atom stereocenters. The van der Waals surface area contributed by atoms with Gasteiger partial charge in [0, 0.05) is 62.4 Å². The molecule has 6 nitrogen and oxygen atoms in total. The van der Waals surface area contributed by atoms with Crippen LogP contribution in [0.3, 0.4) is 0 Å². The first-order valence-corrected chi connectivity index (χ1v) is 12.0. The summed E-state index contributed by atoms with van der Waals surface area (Å²) in [5.41, 5.74) is 9.80. The summed E-state index contributed by atoms with van der Waals surface area (Å²) in [6.45, 7) is 9.42. The molecule has 0 radical (unpaired) electrons. The van der Waals surface area contributed by atoms with E-state index in [9.17, 15) is 9.18 Å². The number of nitrogens with two attached hydrogens (primary N) is 1. The van der Waals surface area contributed by atoms with Crippen LogP contribution in [0.15, 0.2) is 71.6 Å². The fraction of sp³-hybridized carbons (Fsp3) is 0.360. The minimum absolute atomic E-state index is 0.276. The van der Waals surface area contributed by atoms with Gasteiger partial charge in [-0.15, -0.1) is 11.3 Å². The van der Waals surface area contributed by atoms with Crippen molar-refractivity contribution in [3.63, 3.8) is 0 Å². The maximum atomic E-state index is 13.2. The highest BCUT2D eigenvalue weighted by Crippen LogP contribution is 2.30. The molecule has 2 aliphatic rings. The van der Waals surface area contributed by atoms with Gasteiger partial charge in [0.05, 0.1) is 17.2 Å². The Labute approximate surface area is 199 Å². The highest BCUT2D eigenvalue weighted by Gasteiger charge is 2.24. The molecule has 1 fully saturated rings. The van der Waals surface area contributed by atoms with E-state index in [-0.39, 0.29) is 5.83 Å². The third kappa shape index (κ3) is 6.01. The first-order valence-electron chi connectivity index (χ1n) is 11.1. The molecule has 1 aromatic heterocycles. The van der Waals surface area contributed by atoms with Gasteiger partial charge < -0.3 is 20.4 Å². The number of hydrogen-bond acceptors (Lipinski definition) is 7. The van der Waals surface area contributed by atoms with E-state index >= 15 is 0 Å². The van der Waals surface area contributed by atoms with Gasteiger partial charge in [-0.1, -0.05) is 31.7 Å². The van der Waals surface area contributed by atoms with E-state index in [0.29, 0.717) is 31.6 Å². The van der Waals surface area contributed by atoms with Gasteiger partial charge >= 0.3 is 0 Å². The first kappa shape index (κ1) is 24.5. The first-order chi connectivity index (χ1) is 15.8. The number of ketones is 1. The molecule has 3 rings (SSSR count). The second-order valence-electron chi connectivity index (χ2n) is 7.99. The van der Waals surface area contributed by atoms with Crippen molar-refractivity contribution in [3.05, 3.63) is 77.3 Å². The second-order valence-corrected chi connectivity index (χ2v) is 8.83. The molecule has 33 heavy (non-hydrogen) atoms. The van der Waals surface area contributed by atoms with E-state index < -0.39 is 0 Å². The molecule has 1 saturated heterocycles. The van der Waals surface area contributed by atoms with E-state index in [1.54, 1.807) is 12.2 Å². The van der Waals surface area contributed by atoms with Crippen molar-refractivity contribution in [2.45, 2.75) is 33.1 Å². The zero-order chi connectivity index (χ0) is 24.0. The predicted octanol–water partition coefficient (Wildman–Crippen LogP) is 4.94. The van der Waals surface area contributed by atoms with Crippen molar-refractivity contribution in [3.8, 4) is 0 Å². The van der Waals surface area contributed by atoms with Gasteiger partial charge in [-0.2, -0.15) is 0 Å². The molecule has 8 heteroatoms. The Morgan fingerprint density at radius 2 is 2.09 bits per heavy atom. The van der Waals surface area contributed by atoms with Crippen LogP contribution in [0.5, 0.6) is 0 Å². The Morgan fingerprint density at radius 3 is 2.73 bits per heavy atom. The van der Waals surface area contributed by atoms with Crippen molar-refractivity contribution < 1.29 is 9.18 Å². The number of piperidine rings is 1. The van der Waals surface area contributed by atoms with Crippen molar-refractivity contribution >= 4 is 27.8 Å². The Bertz CT molecular complexity index is 1030. The maximum absolute atomic E-state index is 13.2. The Balaban J connectivity index is 1.88. The number of carbonyl (C=O) groups excluding carboxylic acids is 1. The summed E-state index contributed by atoms with van der Waals surface area (Å²) >= 11 is 1.49. The van der Waals surface area contributed by atoms with Crippen molar-refractivity contribution in [2.75, 3.05) is 31.6 Å². The number of likely N-dealkylation sites (tertiary alicyclic amines) is 1. The molecule has 0 aliphatic carbocycles. The number of rotatable bonds is 8. The lowest BCUT2D eigenvalue weighted by atomic mass is 10.1. The molecule has 0 spiro atoms. The lowest BCUT2D eigenvalue weighted by molar-refractivity contribution is -0.121. The summed E-state index contributed by atoms with van der Waals surface area (Å²) in [4.78, 5) is 22.8. The molecule has 0 unspecified atom stereocenters. The van der Waals surface area contributed by atoms with Crippen molar-refractivity contribution in [1.82, 2.24) is 14.8 Å². The quantitative estimate of drug-likeness (QED) is 0.544. The molecule has 3 heterocycles. The molecule has 2 aliphatic heterocycles. The van der Waals surface area contributed by atoms with Crippen LogP contribution in [0.1, 0.15) is 38.8 Å². The Morgan fingerprint density at radius 1 is 1.36 bits per heavy atom. The number of halogens is 1. The average molecular weight is 470 g/mol. The Hall–Kier alpha value is -3.13. The third-order valence-electron chi connectivity index (χ3n) is 5.61. The van der Waals surface area contributed by atoms with Gasteiger partial charge in [-0.05, 0) is 25.5 Å². The van der Waals surface area contributed by atoms with E-state index in [1.165, 1.54) is 24.3 Å². The molecule has 1 aromatic rings. The van der Waals surface area contributed by atoms with Gasteiger partial charge in [0.15, 0.2) is 5.13 Å². The van der Waals surface area contributed by atoms with Crippen LogP contribution in [0.4, 0.5) is 9.52 Å². The predicted molar refractivity (Wildman–Crippen MR) is 135 cm³/mol. The second kappa shape index (κ2) is 11.1. The summed E-state index contributed by atoms with van der Waals surface area (Å²) in [6.07, 6.45) is 12.9. The largest absolute Gasteiger partial charge is 0.399 e. The van der Waals surface area contributed by atoms with Crippen LogP contribution < -0.4 is 10.6 Å². The SMILES string of the molecule is C=C/C(=C\C=C(/C)F)c1csc(N(C)/C(=C(/N)CC)N2C=C(N3CCC(=O)CC3)C=CC2)n1. The molecule has 0 aromatic carbocycles. The number of nitrogens with zero attached hydrogens (tertiary/aromatic N) is 4. The van der Waals surface area contributed by atoms with Gasteiger partial charge in [0.1, 0.15) is 11.6 Å². The molecular formula is C25H32FN5OS. The number of thiazole rings is 1. The highest BCUT2D eigenvalue weighted by atomic mass is 32.1. The molecule has 176 valence electrons. The number of allylic oxidation sites excluding steroid dienone is 7. The molecular weight excluding hydrogens is 437 g/mol. The normalized spacial score (nSPS) is 18.3. The number of hydrogen-bond donors (Lipinski definition) is 1. The maximum Gasteiger partial charge on any atom is 0.191 e. The molecule has 0 amide bonds. The zero-order valence-electron chi connectivity index (χ0n) is 19.6. The van der Waals surface area contributed by atoms with Gasteiger partial charge in [-0.3, -0.25) is 4.79 Å². The van der Waals surface area contributed by atoms with E-state index in [4.69, 9.17) is 10.7 Å². The fourth-order valence-corrected chi connectivity index (χ4v) is 4.55. The number of Topliss-reactive ketones (excluding diaryl/α,β-unsaturated/α-hetero) is 1. The minimum Gasteiger partial charge on any atom is -0.399 e.